The van der Waals surface area contributed by atoms with Crippen LogP contribution in [-0.2, 0) is 19.6 Å². The number of nitrogens with one attached hydrogen (secondary N) is 3. The predicted octanol–water partition coefficient (Wildman–Crippen LogP) is -0.950. The third kappa shape index (κ3) is 5.05. The lowest BCUT2D eigenvalue weighted by Gasteiger charge is -2.31. The number of hydrazine groups is 1. The van der Waals surface area contributed by atoms with Crippen LogP contribution in [0.2, 0.25) is 10.0 Å². The van der Waals surface area contributed by atoms with Crippen molar-refractivity contribution in [3.8, 4) is 0 Å². The van der Waals surface area contributed by atoms with E-state index in [0.717, 1.165) is 4.90 Å². The molecule has 1 aliphatic rings. The second-order valence-electron chi connectivity index (χ2n) is 5.61. The van der Waals surface area contributed by atoms with Crippen molar-refractivity contribution in [3.05, 3.63) is 28.2 Å². The number of amides is 2. The van der Waals surface area contributed by atoms with Crippen LogP contribution in [0.4, 0.5) is 0 Å². The van der Waals surface area contributed by atoms with Gasteiger partial charge in [0.1, 0.15) is 4.90 Å². The molecule has 3 N–H and O–H groups in total. The van der Waals surface area contributed by atoms with Gasteiger partial charge in [-0.05, 0) is 12.1 Å². The highest BCUT2D eigenvalue weighted by molar-refractivity contribution is 7.89. The average molecular weight is 410 g/mol. The number of carbonyl (C=O) groups excluding carboxylic acids is 2. The highest BCUT2D eigenvalue weighted by atomic mass is 35.5. The maximum atomic E-state index is 12.7. The highest BCUT2D eigenvalue weighted by Crippen LogP contribution is 2.30. The molecule has 1 aliphatic heterocycles. The summed E-state index contributed by atoms with van der Waals surface area (Å²) in [5.74, 6) is -0.697. The van der Waals surface area contributed by atoms with Crippen LogP contribution in [0, 0.1) is 0 Å². The Morgan fingerprint density at radius 3 is 2.44 bits per heavy atom. The Kier molecular flexibility index (Phi) is 6.64. The van der Waals surface area contributed by atoms with Gasteiger partial charge in [-0.25, -0.2) is 8.42 Å². The molecule has 2 rings (SSSR count). The first kappa shape index (κ1) is 19.9. The lowest BCUT2D eigenvalue weighted by molar-refractivity contribution is -0.895. The zero-order valence-electron chi connectivity index (χ0n) is 13.5. The summed E-state index contributed by atoms with van der Waals surface area (Å²) in [7, 11) is -3.74. The van der Waals surface area contributed by atoms with Crippen LogP contribution in [0.15, 0.2) is 23.1 Å². The first-order valence-electron chi connectivity index (χ1n) is 7.55. The number of hydrogen-bond acceptors (Lipinski definition) is 4. The third-order valence-corrected chi connectivity index (χ3v) is 6.62. The molecule has 0 aromatic heterocycles. The van der Waals surface area contributed by atoms with E-state index >= 15 is 0 Å². The summed E-state index contributed by atoms with van der Waals surface area (Å²) < 4.78 is 26.8. The molecule has 0 radical (unpaired) electrons. The first-order chi connectivity index (χ1) is 11.7. The Bertz CT molecular complexity index is 764. The minimum atomic E-state index is -3.74. The molecule has 0 unspecified atom stereocenters. The Hall–Kier alpha value is -1.39. The molecule has 138 valence electrons. The second-order valence-corrected chi connectivity index (χ2v) is 8.30. The molecule has 25 heavy (non-hydrogen) atoms. The van der Waals surface area contributed by atoms with Gasteiger partial charge in [0.05, 0.1) is 36.2 Å². The van der Waals surface area contributed by atoms with Gasteiger partial charge in [-0.3, -0.25) is 20.4 Å². The molecule has 1 heterocycles. The normalized spacial score (nSPS) is 16.4. The quantitative estimate of drug-likeness (QED) is 0.558. The van der Waals surface area contributed by atoms with Crippen molar-refractivity contribution in [2.24, 2.45) is 0 Å². The van der Waals surface area contributed by atoms with Crippen molar-refractivity contribution in [2.75, 3.05) is 32.7 Å². The van der Waals surface area contributed by atoms with Crippen molar-refractivity contribution in [1.82, 2.24) is 15.2 Å². The Morgan fingerprint density at radius 2 is 1.84 bits per heavy atom. The molecule has 2 amide bonds. The van der Waals surface area contributed by atoms with Crippen molar-refractivity contribution in [1.29, 1.82) is 0 Å². The largest absolute Gasteiger partial charge is 0.325 e. The predicted molar refractivity (Wildman–Crippen MR) is 92.7 cm³/mol. The van der Waals surface area contributed by atoms with Gasteiger partial charge in [-0.15, -0.1) is 0 Å². The van der Waals surface area contributed by atoms with Crippen molar-refractivity contribution < 1.29 is 22.9 Å². The minimum absolute atomic E-state index is 0.00799. The SMILES string of the molecule is CC(=O)NNC(=O)C[NH+]1CCN(S(=O)(=O)c2cccc(Cl)c2Cl)CC1. The summed E-state index contributed by atoms with van der Waals surface area (Å²) in [6, 6.07) is 4.48. The van der Waals surface area contributed by atoms with Crippen LogP contribution in [0.25, 0.3) is 0 Å². The third-order valence-electron chi connectivity index (χ3n) is 3.75. The van der Waals surface area contributed by atoms with E-state index in [1.807, 2.05) is 0 Å². The van der Waals surface area contributed by atoms with E-state index in [2.05, 4.69) is 10.9 Å². The van der Waals surface area contributed by atoms with Gasteiger partial charge in [0.15, 0.2) is 6.54 Å². The Morgan fingerprint density at radius 1 is 1.20 bits per heavy atom. The summed E-state index contributed by atoms with van der Waals surface area (Å²) in [5.41, 5.74) is 4.50. The average Bonchev–Trinajstić information content (AvgIpc) is 2.56. The monoisotopic (exact) mass is 409 g/mol. The van der Waals surface area contributed by atoms with Crippen LogP contribution in [-0.4, -0.2) is 57.3 Å². The molecule has 1 saturated heterocycles. The first-order valence-corrected chi connectivity index (χ1v) is 9.74. The standard InChI is InChI=1S/C14H18Cl2N4O4S/c1-10(21)17-18-13(22)9-19-5-7-20(8-6-19)25(23,24)12-4-2-3-11(15)14(12)16/h2-4H,5-9H2,1H3,(H,17,21)(H,18,22)/p+1. The molecular formula is C14H19Cl2N4O4S+. The van der Waals surface area contributed by atoms with E-state index in [9.17, 15) is 18.0 Å². The summed E-state index contributed by atoms with van der Waals surface area (Å²) in [4.78, 5) is 23.3. The van der Waals surface area contributed by atoms with Crippen LogP contribution in [0.5, 0.6) is 0 Å². The number of hydrogen-bond donors (Lipinski definition) is 3. The van der Waals surface area contributed by atoms with E-state index in [1.165, 1.54) is 29.4 Å². The number of nitrogens with zero attached hydrogens (tertiary/aromatic N) is 1. The molecule has 0 atom stereocenters. The summed E-state index contributed by atoms with van der Waals surface area (Å²) >= 11 is 11.9. The van der Waals surface area contributed by atoms with E-state index in [-0.39, 0.29) is 46.4 Å². The second kappa shape index (κ2) is 8.33. The van der Waals surface area contributed by atoms with E-state index in [0.29, 0.717) is 13.1 Å². The number of carbonyl (C=O) groups is 2. The van der Waals surface area contributed by atoms with Gasteiger partial charge in [0, 0.05) is 6.92 Å². The van der Waals surface area contributed by atoms with Gasteiger partial charge in [-0.2, -0.15) is 4.31 Å². The van der Waals surface area contributed by atoms with Crippen molar-refractivity contribution in [2.45, 2.75) is 11.8 Å². The molecule has 0 aliphatic carbocycles. The number of piperazine rings is 1. The van der Waals surface area contributed by atoms with Gasteiger partial charge in [-0.1, -0.05) is 29.3 Å². The molecule has 1 fully saturated rings. The zero-order chi connectivity index (χ0) is 18.6. The van der Waals surface area contributed by atoms with Crippen LogP contribution >= 0.6 is 23.2 Å². The molecule has 8 nitrogen and oxygen atoms in total. The summed E-state index contributed by atoms with van der Waals surface area (Å²) in [6.07, 6.45) is 0. The maximum absolute atomic E-state index is 12.7. The highest BCUT2D eigenvalue weighted by Gasteiger charge is 2.32. The Balaban J connectivity index is 1.96. The summed E-state index contributed by atoms with van der Waals surface area (Å²) in [5, 5.41) is 0.190. The summed E-state index contributed by atoms with van der Waals surface area (Å²) in [6.45, 7) is 2.88. The Labute approximate surface area is 156 Å². The number of rotatable bonds is 4. The number of quaternary nitrogens is 1. The minimum Gasteiger partial charge on any atom is -0.325 e. The van der Waals surface area contributed by atoms with Crippen LogP contribution in [0.1, 0.15) is 6.92 Å². The number of halogens is 2. The van der Waals surface area contributed by atoms with Gasteiger partial charge < -0.3 is 4.90 Å². The van der Waals surface area contributed by atoms with E-state index in [1.54, 1.807) is 0 Å². The fourth-order valence-corrected chi connectivity index (χ4v) is 4.65. The molecule has 1 aromatic rings. The van der Waals surface area contributed by atoms with Crippen LogP contribution < -0.4 is 15.8 Å². The molecular weight excluding hydrogens is 391 g/mol. The maximum Gasteiger partial charge on any atom is 0.293 e. The fourth-order valence-electron chi connectivity index (χ4n) is 2.47. The molecule has 0 bridgehead atoms. The molecule has 0 saturated carbocycles. The fraction of sp³-hybridized carbons (Fsp3) is 0.429. The molecule has 0 spiro atoms. The molecule has 11 heteroatoms. The zero-order valence-corrected chi connectivity index (χ0v) is 15.8. The lowest BCUT2D eigenvalue weighted by atomic mass is 10.3. The topological polar surface area (TPSA) is 100 Å². The number of benzene rings is 1. The van der Waals surface area contributed by atoms with E-state index in [4.69, 9.17) is 23.2 Å². The number of sulfonamides is 1. The smallest absolute Gasteiger partial charge is 0.293 e. The van der Waals surface area contributed by atoms with Gasteiger partial charge in [0.25, 0.3) is 5.91 Å². The van der Waals surface area contributed by atoms with Gasteiger partial charge >= 0.3 is 0 Å². The van der Waals surface area contributed by atoms with Gasteiger partial charge in [0.2, 0.25) is 15.9 Å². The van der Waals surface area contributed by atoms with E-state index < -0.39 is 10.0 Å². The molecule has 1 aromatic carbocycles. The lowest BCUT2D eigenvalue weighted by Crippen LogP contribution is -3.16. The van der Waals surface area contributed by atoms with Crippen LogP contribution in [0.3, 0.4) is 0 Å². The van der Waals surface area contributed by atoms with Crippen molar-refractivity contribution in [3.63, 3.8) is 0 Å². The van der Waals surface area contributed by atoms with Crippen molar-refractivity contribution >= 4 is 45.0 Å².